The van der Waals surface area contributed by atoms with E-state index in [0.29, 0.717) is 0 Å². The zero-order valence-electron chi connectivity index (χ0n) is 11.9. The molecule has 1 aliphatic carbocycles. The molecule has 3 rings (SSSR count). The third-order valence-corrected chi connectivity index (χ3v) is 3.96. The van der Waals surface area contributed by atoms with Gasteiger partial charge in [0.1, 0.15) is 5.75 Å². The molecule has 1 aliphatic rings. The van der Waals surface area contributed by atoms with Crippen LogP contribution in [0, 0.1) is 0 Å². The van der Waals surface area contributed by atoms with Crippen molar-refractivity contribution in [3.05, 3.63) is 53.6 Å². The molecule has 2 nitrogen and oxygen atoms in total. The van der Waals surface area contributed by atoms with Crippen LogP contribution in [0.15, 0.2) is 42.5 Å². The van der Waals surface area contributed by atoms with Gasteiger partial charge in [0.25, 0.3) is 0 Å². The molecule has 0 aromatic heterocycles. The van der Waals surface area contributed by atoms with Crippen LogP contribution >= 0.6 is 0 Å². The molecule has 104 valence electrons. The molecule has 2 N–H and O–H groups in total. The van der Waals surface area contributed by atoms with E-state index in [-0.39, 0.29) is 6.04 Å². The average molecular weight is 267 g/mol. The molecular formula is C18H21NO. The SMILES string of the molecule is CCCOc1ccc(-c2cccc3c2CCC3N)cc1. The van der Waals surface area contributed by atoms with Gasteiger partial charge >= 0.3 is 0 Å². The fourth-order valence-corrected chi connectivity index (χ4v) is 2.91. The van der Waals surface area contributed by atoms with Gasteiger partial charge in [-0.1, -0.05) is 37.3 Å². The quantitative estimate of drug-likeness (QED) is 0.905. The highest BCUT2D eigenvalue weighted by Crippen LogP contribution is 2.36. The average Bonchev–Trinajstić information content (AvgIpc) is 2.87. The summed E-state index contributed by atoms with van der Waals surface area (Å²) in [7, 11) is 0. The van der Waals surface area contributed by atoms with E-state index in [1.54, 1.807) is 0 Å². The predicted octanol–water partition coefficient (Wildman–Crippen LogP) is 4.09. The molecule has 0 fully saturated rings. The lowest BCUT2D eigenvalue weighted by atomic mass is 9.96. The first-order valence-electron chi connectivity index (χ1n) is 7.40. The second kappa shape index (κ2) is 5.68. The first kappa shape index (κ1) is 13.2. The van der Waals surface area contributed by atoms with Crippen molar-refractivity contribution >= 4 is 0 Å². The van der Waals surface area contributed by atoms with Crippen LogP contribution in [-0.4, -0.2) is 6.61 Å². The summed E-state index contributed by atoms with van der Waals surface area (Å²) in [6.45, 7) is 2.89. The van der Waals surface area contributed by atoms with Gasteiger partial charge in [-0.05, 0) is 53.6 Å². The van der Waals surface area contributed by atoms with E-state index in [4.69, 9.17) is 10.5 Å². The number of rotatable bonds is 4. The molecule has 0 amide bonds. The van der Waals surface area contributed by atoms with Gasteiger partial charge < -0.3 is 10.5 Å². The molecule has 0 aliphatic heterocycles. The van der Waals surface area contributed by atoms with Crippen LogP contribution in [0.25, 0.3) is 11.1 Å². The van der Waals surface area contributed by atoms with E-state index < -0.39 is 0 Å². The highest BCUT2D eigenvalue weighted by Gasteiger charge is 2.21. The summed E-state index contributed by atoms with van der Waals surface area (Å²) in [4.78, 5) is 0. The van der Waals surface area contributed by atoms with Gasteiger partial charge in [0.2, 0.25) is 0 Å². The lowest BCUT2D eigenvalue weighted by Gasteiger charge is -2.11. The smallest absolute Gasteiger partial charge is 0.119 e. The molecule has 0 saturated carbocycles. The van der Waals surface area contributed by atoms with Crippen molar-refractivity contribution in [2.24, 2.45) is 5.73 Å². The highest BCUT2D eigenvalue weighted by atomic mass is 16.5. The Bertz CT molecular complexity index is 589. The summed E-state index contributed by atoms with van der Waals surface area (Å²) in [5.41, 5.74) is 11.5. The monoisotopic (exact) mass is 267 g/mol. The molecule has 20 heavy (non-hydrogen) atoms. The third-order valence-electron chi connectivity index (χ3n) is 3.96. The first-order valence-corrected chi connectivity index (χ1v) is 7.40. The Morgan fingerprint density at radius 1 is 1.15 bits per heavy atom. The van der Waals surface area contributed by atoms with Crippen LogP contribution in [0.1, 0.15) is 36.9 Å². The van der Waals surface area contributed by atoms with Gasteiger partial charge in [-0.3, -0.25) is 0 Å². The van der Waals surface area contributed by atoms with Crippen molar-refractivity contribution in [1.29, 1.82) is 0 Å². The molecule has 0 radical (unpaired) electrons. The maximum Gasteiger partial charge on any atom is 0.119 e. The van der Waals surface area contributed by atoms with Crippen molar-refractivity contribution < 1.29 is 4.74 Å². The van der Waals surface area contributed by atoms with Crippen LogP contribution < -0.4 is 10.5 Å². The zero-order chi connectivity index (χ0) is 13.9. The van der Waals surface area contributed by atoms with Crippen LogP contribution in [0.3, 0.4) is 0 Å². The minimum absolute atomic E-state index is 0.206. The molecule has 2 aromatic rings. The molecule has 0 bridgehead atoms. The Kier molecular flexibility index (Phi) is 3.75. The molecule has 0 spiro atoms. The van der Waals surface area contributed by atoms with Crippen molar-refractivity contribution in [3.63, 3.8) is 0 Å². The molecule has 1 atom stereocenters. The molecule has 0 heterocycles. The van der Waals surface area contributed by atoms with Crippen LogP contribution in [0.4, 0.5) is 0 Å². The Morgan fingerprint density at radius 3 is 2.70 bits per heavy atom. The van der Waals surface area contributed by atoms with Crippen molar-refractivity contribution in [2.75, 3.05) is 6.61 Å². The topological polar surface area (TPSA) is 35.2 Å². The largest absolute Gasteiger partial charge is 0.494 e. The summed E-state index contributed by atoms with van der Waals surface area (Å²) >= 11 is 0. The number of ether oxygens (including phenoxy) is 1. The fourth-order valence-electron chi connectivity index (χ4n) is 2.91. The van der Waals surface area contributed by atoms with Crippen LogP contribution in [0.5, 0.6) is 5.75 Å². The number of benzene rings is 2. The van der Waals surface area contributed by atoms with Gasteiger partial charge in [0, 0.05) is 6.04 Å². The van der Waals surface area contributed by atoms with Crippen molar-refractivity contribution in [1.82, 2.24) is 0 Å². The summed E-state index contributed by atoms with van der Waals surface area (Å²) in [6, 6.07) is 15.1. The third kappa shape index (κ3) is 2.44. The first-order chi connectivity index (χ1) is 9.79. The molecule has 2 aromatic carbocycles. The molecule has 0 saturated heterocycles. The maximum absolute atomic E-state index is 6.15. The number of hydrogen-bond acceptors (Lipinski definition) is 2. The van der Waals surface area contributed by atoms with E-state index >= 15 is 0 Å². The lowest BCUT2D eigenvalue weighted by Crippen LogP contribution is -2.04. The standard InChI is InChI=1S/C18H21NO/c1-2-12-20-14-8-6-13(7-9-14)15-4-3-5-17-16(15)10-11-18(17)19/h3-9,18H,2,10-12,19H2,1H3. The second-order valence-corrected chi connectivity index (χ2v) is 5.39. The van der Waals surface area contributed by atoms with E-state index in [2.05, 4.69) is 49.4 Å². The Morgan fingerprint density at radius 2 is 1.95 bits per heavy atom. The van der Waals surface area contributed by atoms with Gasteiger partial charge in [0.15, 0.2) is 0 Å². The van der Waals surface area contributed by atoms with Crippen molar-refractivity contribution in [2.45, 2.75) is 32.2 Å². The number of hydrogen-bond donors (Lipinski definition) is 1. The van der Waals surface area contributed by atoms with E-state index in [9.17, 15) is 0 Å². The molecular weight excluding hydrogens is 246 g/mol. The van der Waals surface area contributed by atoms with E-state index in [1.165, 1.54) is 22.3 Å². The normalized spacial score (nSPS) is 17.0. The Balaban J connectivity index is 1.90. The molecule has 1 unspecified atom stereocenters. The fraction of sp³-hybridized carbons (Fsp3) is 0.333. The summed E-state index contributed by atoms with van der Waals surface area (Å²) in [5, 5.41) is 0. The second-order valence-electron chi connectivity index (χ2n) is 5.39. The Labute approximate surface area is 120 Å². The Hall–Kier alpha value is -1.80. The molecule has 2 heteroatoms. The summed E-state index contributed by atoms with van der Waals surface area (Å²) in [5.74, 6) is 0.944. The summed E-state index contributed by atoms with van der Waals surface area (Å²) < 4.78 is 5.64. The number of nitrogens with two attached hydrogens (primary N) is 1. The maximum atomic E-state index is 6.15. The van der Waals surface area contributed by atoms with E-state index in [1.807, 2.05) is 0 Å². The van der Waals surface area contributed by atoms with Gasteiger partial charge in [0.05, 0.1) is 6.61 Å². The number of fused-ring (bicyclic) bond motifs is 1. The lowest BCUT2D eigenvalue weighted by molar-refractivity contribution is 0.317. The zero-order valence-corrected chi connectivity index (χ0v) is 11.9. The van der Waals surface area contributed by atoms with Gasteiger partial charge in [-0.15, -0.1) is 0 Å². The van der Waals surface area contributed by atoms with Crippen molar-refractivity contribution in [3.8, 4) is 16.9 Å². The minimum Gasteiger partial charge on any atom is -0.494 e. The van der Waals surface area contributed by atoms with Gasteiger partial charge in [-0.25, -0.2) is 0 Å². The van der Waals surface area contributed by atoms with E-state index in [0.717, 1.165) is 31.6 Å². The van der Waals surface area contributed by atoms with Crippen LogP contribution in [-0.2, 0) is 6.42 Å². The summed E-state index contributed by atoms with van der Waals surface area (Å²) in [6.07, 6.45) is 3.18. The highest BCUT2D eigenvalue weighted by molar-refractivity contribution is 5.70. The predicted molar refractivity (Wildman–Crippen MR) is 82.9 cm³/mol. The van der Waals surface area contributed by atoms with Crippen LogP contribution in [0.2, 0.25) is 0 Å². The van der Waals surface area contributed by atoms with Gasteiger partial charge in [-0.2, -0.15) is 0 Å². The minimum atomic E-state index is 0.206.